The Balaban J connectivity index is 2.89. The fourth-order valence-electron chi connectivity index (χ4n) is 2.25. The molecule has 0 fully saturated rings. The van der Waals surface area contributed by atoms with Crippen LogP contribution in [0.2, 0.25) is 0 Å². The molecule has 0 saturated carbocycles. The zero-order valence-corrected chi connectivity index (χ0v) is 12.4. The maximum absolute atomic E-state index is 13.1. The van der Waals surface area contributed by atoms with Crippen LogP contribution in [-0.2, 0) is 0 Å². The predicted octanol–water partition coefficient (Wildman–Crippen LogP) is 4.03. The Morgan fingerprint density at radius 3 is 2.37 bits per heavy atom. The van der Waals surface area contributed by atoms with E-state index in [0.29, 0.717) is 23.6 Å². The highest BCUT2D eigenvalue weighted by Crippen LogP contribution is 2.16. The van der Waals surface area contributed by atoms with E-state index in [1.807, 2.05) is 11.8 Å². The molecule has 1 amide bonds. The first-order chi connectivity index (χ1) is 9.03. The van der Waals surface area contributed by atoms with E-state index in [9.17, 15) is 9.18 Å². The summed E-state index contributed by atoms with van der Waals surface area (Å²) in [7, 11) is 0. The highest BCUT2D eigenvalue weighted by atomic mass is 19.1. The lowest BCUT2D eigenvalue weighted by molar-refractivity contribution is 0.0734. The number of carbonyl (C=O) groups excluding carboxylic acids is 1. The van der Waals surface area contributed by atoms with Crippen molar-refractivity contribution in [2.45, 2.75) is 40.5 Å². The van der Waals surface area contributed by atoms with Crippen molar-refractivity contribution in [2.75, 3.05) is 13.1 Å². The SMILES string of the molecule is CCC(CC)CN(CC)C(=O)c1ccc(F)cc1C. The number of hydrogen-bond acceptors (Lipinski definition) is 1. The minimum absolute atomic E-state index is 0.00639. The molecule has 2 nitrogen and oxygen atoms in total. The highest BCUT2D eigenvalue weighted by molar-refractivity contribution is 5.95. The molecule has 19 heavy (non-hydrogen) atoms. The zero-order chi connectivity index (χ0) is 14.4. The molecule has 0 spiro atoms. The second-order valence-corrected chi connectivity index (χ2v) is 4.99. The summed E-state index contributed by atoms with van der Waals surface area (Å²) in [6.07, 6.45) is 2.14. The molecule has 0 unspecified atom stereocenters. The maximum Gasteiger partial charge on any atom is 0.254 e. The molecule has 0 atom stereocenters. The number of nitrogens with zero attached hydrogens (tertiary/aromatic N) is 1. The molecular weight excluding hydrogens is 241 g/mol. The monoisotopic (exact) mass is 265 g/mol. The molecular formula is C16H24FNO. The normalized spacial score (nSPS) is 10.8. The first-order valence-electron chi connectivity index (χ1n) is 7.08. The Kier molecular flexibility index (Phi) is 6.00. The number of amides is 1. The number of aryl methyl sites for hydroxylation is 1. The first-order valence-corrected chi connectivity index (χ1v) is 7.08. The Morgan fingerprint density at radius 2 is 1.89 bits per heavy atom. The maximum atomic E-state index is 13.1. The van der Waals surface area contributed by atoms with Crippen molar-refractivity contribution >= 4 is 5.91 Å². The minimum Gasteiger partial charge on any atom is -0.339 e. The number of hydrogen-bond donors (Lipinski definition) is 0. The predicted molar refractivity (Wildman–Crippen MR) is 76.8 cm³/mol. The van der Waals surface area contributed by atoms with Crippen molar-refractivity contribution in [2.24, 2.45) is 5.92 Å². The van der Waals surface area contributed by atoms with Crippen LogP contribution in [0.5, 0.6) is 0 Å². The van der Waals surface area contributed by atoms with Gasteiger partial charge in [0.1, 0.15) is 5.82 Å². The lowest BCUT2D eigenvalue weighted by atomic mass is 10.0. The van der Waals surface area contributed by atoms with E-state index in [-0.39, 0.29) is 11.7 Å². The molecule has 1 rings (SSSR count). The molecule has 0 bridgehead atoms. The molecule has 1 aromatic carbocycles. The van der Waals surface area contributed by atoms with Gasteiger partial charge in [-0.15, -0.1) is 0 Å². The lowest BCUT2D eigenvalue weighted by Gasteiger charge is -2.26. The fourth-order valence-corrected chi connectivity index (χ4v) is 2.25. The molecule has 1 aromatic rings. The van der Waals surface area contributed by atoms with Gasteiger partial charge < -0.3 is 4.90 Å². The number of halogens is 1. The topological polar surface area (TPSA) is 20.3 Å². The van der Waals surface area contributed by atoms with Crippen molar-refractivity contribution in [1.29, 1.82) is 0 Å². The summed E-state index contributed by atoms with van der Waals surface area (Å²) >= 11 is 0. The Bertz CT molecular complexity index is 427. The van der Waals surface area contributed by atoms with Crippen LogP contribution in [0.1, 0.15) is 49.5 Å². The third kappa shape index (κ3) is 4.05. The molecule has 0 aliphatic carbocycles. The summed E-state index contributed by atoms with van der Waals surface area (Å²) in [5.74, 6) is 0.244. The molecule has 3 heteroatoms. The third-order valence-corrected chi connectivity index (χ3v) is 3.72. The van der Waals surface area contributed by atoms with Gasteiger partial charge >= 0.3 is 0 Å². The van der Waals surface area contributed by atoms with Gasteiger partial charge in [0, 0.05) is 18.7 Å². The van der Waals surface area contributed by atoms with Gasteiger partial charge in [-0.3, -0.25) is 4.79 Å². The number of rotatable bonds is 6. The average Bonchev–Trinajstić information content (AvgIpc) is 2.39. The molecule has 106 valence electrons. The molecule has 0 saturated heterocycles. The first kappa shape index (κ1) is 15.7. The van der Waals surface area contributed by atoms with Crippen molar-refractivity contribution in [3.05, 3.63) is 35.1 Å². The quantitative estimate of drug-likeness (QED) is 0.760. The van der Waals surface area contributed by atoms with Crippen LogP contribution >= 0.6 is 0 Å². The second kappa shape index (κ2) is 7.27. The van der Waals surface area contributed by atoms with E-state index in [1.54, 1.807) is 13.0 Å². The summed E-state index contributed by atoms with van der Waals surface area (Å²) in [4.78, 5) is 14.3. The van der Waals surface area contributed by atoms with Gasteiger partial charge in [-0.2, -0.15) is 0 Å². The fraction of sp³-hybridized carbons (Fsp3) is 0.562. The molecule has 0 aromatic heterocycles. The van der Waals surface area contributed by atoms with E-state index in [0.717, 1.165) is 19.4 Å². The van der Waals surface area contributed by atoms with Crippen LogP contribution in [-0.4, -0.2) is 23.9 Å². The average molecular weight is 265 g/mol. The van der Waals surface area contributed by atoms with E-state index < -0.39 is 0 Å². The van der Waals surface area contributed by atoms with Gasteiger partial charge in [-0.25, -0.2) is 4.39 Å². The Hall–Kier alpha value is -1.38. The van der Waals surface area contributed by atoms with Crippen molar-refractivity contribution < 1.29 is 9.18 Å². The van der Waals surface area contributed by atoms with Crippen molar-refractivity contribution in [3.8, 4) is 0 Å². The van der Waals surface area contributed by atoms with Crippen LogP contribution in [0.4, 0.5) is 4.39 Å². The van der Waals surface area contributed by atoms with E-state index in [2.05, 4.69) is 13.8 Å². The van der Waals surface area contributed by atoms with Crippen LogP contribution in [0, 0.1) is 18.7 Å². The van der Waals surface area contributed by atoms with Crippen molar-refractivity contribution in [1.82, 2.24) is 4.90 Å². The van der Waals surface area contributed by atoms with Gasteiger partial charge in [-0.1, -0.05) is 26.7 Å². The summed E-state index contributed by atoms with van der Waals surface area (Å²) < 4.78 is 13.1. The summed E-state index contributed by atoms with van der Waals surface area (Å²) in [5.41, 5.74) is 1.31. The van der Waals surface area contributed by atoms with E-state index in [1.165, 1.54) is 12.1 Å². The summed E-state index contributed by atoms with van der Waals surface area (Å²) in [6.45, 7) is 9.52. The van der Waals surface area contributed by atoms with Crippen molar-refractivity contribution in [3.63, 3.8) is 0 Å². The zero-order valence-electron chi connectivity index (χ0n) is 12.4. The van der Waals surface area contributed by atoms with Crippen LogP contribution in [0.15, 0.2) is 18.2 Å². The summed E-state index contributed by atoms with van der Waals surface area (Å²) in [5, 5.41) is 0. The molecule has 0 aliphatic heterocycles. The van der Waals surface area contributed by atoms with Gasteiger partial charge in [0.2, 0.25) is 0 Å². The molecule has 0 heterocycles. The van der Waals surface area contributed by atoms with Gasteiger partial charge in [0.25, 0.3) is 5.91 Å². The Morgan fingerprint density at radius 1 is 1.26 bits per heavy atom. The van der Waals surface area contributed by atoms with Crippen LogP contribution in [0.25, 0.3) is 0 Å². The van der Waals surface area contributed by atoms with E-state index >= 15 is 0 Å². The smallest absolute Gasteiger partial charge is 0.254 e. The largest absolute Gasteiger partial charge is 0.339 e. The summed E-state index contributed by atoms with van der Waals surface area (Å²) in [6, 6.07) is 4.35. The van der Waals surface area contributed by atoms with Crippen LogP contribution < -0.4 is 0 Å². The van der Waals surface area contributed by atoms with Crippen LogP contribution in [0.3, 0.4) is 0 Å². The third-order valence-electron chi connectivity index (χ3n) is 3.72. The van der Waals surface area contributed by atoms with E-state index in [4.69, 9.17) is 0 Å². The highest BCUT2D eigenvalue weighted by Gasteiger charge is 2.19. The minimum atomic E-state index is -0.294. The second-order valence-electron chi connectivity index (χ2n) is 4.99. The van der Waals surface area contributed by atoms with Gasteiger partial charge in [-0.05, 0) is 43.5 Å². The molecule has 0 N–H and O–H groups in total. The Labute approximate surface area is 115 Å². The van der Waals surface area contributed by atoms with Gasteiger partial charge in [0.15, 0.2) is 0 Å². The number of carbonyl (C=O) groups is 1. The molecule has 0 aliphatic rings. The lowest BCUT2D eigenvalue weighted by Crippen LogP contribution is -2.35. The van der Waals surface area contributed by atoms with Gasteiger partial charge in [0.05, 0.1) is 0 Å². The number of benzene rings is 1. The molecule has 0 radical (unpaired) electrons. The standard InChI is InChI=1S/C16H24FNO/c1-5-13(6-2)11-18(7-3)16(19)15-9-8-14(17)10-12(15)4/h8-10,13H,5-7,11H2,1-4H3.